The first-order valence-electron chi connectivity index (χ1n) is 5.64. The van der Waals surface area contributed by atoms with Crippen LogP contribution in [-0.2, 0) is 9.84 Å². The summed E-state index contributed by atoms with van der Waals surface area (Å²) in [6.45, 7) is 10.7. The minimum Gasteiger partial charge on any atom is -0.311 e. The van der Waals surface area contributed by atoms with Gasteiger partial charge in [0.1, 0.15) is 0 Å². The van der Waals surface area contributed by atoms with E-state index in [1.807, 2.05) is 13.8 Å². The van der Waals surface area contributed by atoms with Crippen LogP contribution in [0.4, 0.5) is 0 Å². The minimum atomic E-state index is -2.87. The molecule has 92 valence electrons. The second-order valence-corrected chi connectivity index (χ2v) is 7.40. The SMILES string of the molecule is CCC(C)(C)NCCS(=O)(=O)CC(C)C. The third-order valence-electron chi connectivity index (χ3n) is 2.49. The van der Waals surface area contributed by atoms with E-state index in [0.29, 0.717) is 12.3 Å². The summed E-state index contributed by atoms with van der Waals surface area (Å²) in [7, 11) is -2.87. The Bertz CT molecular complexity index is 268. The molecule has 0 aliphatic rings. The van der Waals surface area contributed by atoms with E-state index in [9.17, 15) is 8.42 Å². The highest BCUT2D eigenvalue weighted by molar-refractivity contribution is 7.91. The topological polar surface area (TPSA) is 46.2 Å². The van der Waals surface area contributed by atoms with Gasteiger partial charge in [-0.1, -0.05) is 20.8 Å². The highest BCUT2D eigenvalue weighted by atomic mass is 32.2. The largest absolute Gasteiger partial charge is 0.311 e. The van der Waals surface area contributed by atoms with Crippen molar-refractivity contribution in [1.29, 1.82) is 0 Å². The van der Waals surface area contributed by atoms with Gasteiger partial charge in [0.15, 0.2) is 9.84 Å². The van der Waals surface area contributed by atoms with Crippen LogP contribution in [-0.4, -0.2) is 32.0 Å². The van der Waals surface area contributed by atoms with Crippen LogP contribution in [0.3, 0.4) is 0 Å². The van der Waals surface area contributed by atoms with Crippen LogP contribution >= 0.6 is 0 Å². The third-order valence-corrected chi connectivity index (χ3v) is 4.49. The van der Waals surface area contributed by atoms with Crippen molar-refractivity contribution >= 4 is 9.84 Å². The second kappa shape index (κ2) is 5.85. The highest BCUT2D eigenvalue weighted by Gasteiger charge is 2.17. The maximum atomic E-state index is 11.6. The smallest absolute Gasteiger partial charge is 0.151 e. The standard InChI is InChI=1S/C11H25NO2S/c1-6-11(4,5)12-7-8-15(13,14)9-10(2)3/h10,12H,6-9H2,1-5H3. The van der Waals surface area contributed by atoms with E-state index in [2.05, 4.69) is 26.1 Å². The maximum Gasteiger partial charge on any atom is 0.151 e. The van der Waals surface area contributed by atoms with Gasteiger partial charge in [-0.3, -0.25) is 0 Å². The van der Waals surface area contributed by atoms with Crippen LogP contribution in [0.1, 0.15) is 41.0 Å². The van der Waals surface area contributed by atoms with Gasteiger partial charge < -0.3 is 5.32 Å². The van der Waals surface area contributed by atoms with Gasteiger partial charge in [-0.15, -0.1) is 0 Å². The lowest BCUT2D eigenvalue weighted by Crippen LogP contribution is -2.41. The average Bonchev–Trinajstić information content (AvgIpc) is 2.00. The Labute approximate surface area is 94.6 Å². The van der Waals surface area contributed by atoms with Gasteiger partial charge in [0.05, 0.1) is 11.5 Å². The molecule has 4 heteroatoms. The lowest BCUT2D eigenvalue weighted by molar-refractivity contribution is 0.387. The van der Waals surface area contributed by atoms with Crippen LogP contribution in [0.5, 0.6) is 0 Å². The fraction of sp³-hybridized carbons (Fsp3) is 1.00. The molecule has 0 amide bonds. The molecule has 0 aliphatic carbocycles. The molecule has 15 heavy (non-hydrogen) atoms. The van der Waals surface area contributed by atoms with Gasteiger partial charge in [-0.05, 0) is 26.2 Å². The normalized spacial score (nSPS) is 13.5. The predicted molar refractivity (Wildman–Crippen MR) is 65.9 cm³/mol. The van der Waals surface area contributed by atoms with E-state index in [1.165, 1.54) is 0 Å². The van der Waals surface area contributed by atoms with E-state index in [-0.39, 0.29) is 17.2 Å². The van der Waals surface area contributed by atoms with Crippen LogP contribution in [0.15, 0.2) is 0 Å². The fourth-order valence-corrected chi connectivity index (χ4v) is 2.86. The Morgan fingerprint density at radius 3 is 2.20 bits per heavy atom. The van der Waals surface area contributed by atoms with Gasteiger partial charge in [0.2, 0.25) is 0 Å². The van der Waals surface area contributed by atoms with E-state index in [4.69, 9.17) is 0 Å². The molecule has 0 aliphatic heterocycles. The summed E-state index contributed by atoms with van der Waals surface area (Å²) in [4.78, 5) is 0. The molecule has 0 radical (unpaired) electrons. The number of rotatable bonds is 7. The first kappa shape index (κ1) is 14.9. The zero-order valence-electron chi connectivity index (χ0n) is 10.6. The molecule has 0 aromatic carbocycles. The van der Waals surface area contributed by atoms with E-state index >= 15 is 0 Å². The average molecular weight is 235 g/mol. The monoisotopic (exact) mass is 235 g/mol. The van der Waals surface area contributed by atoms with E-state index in [1.54, 1.807) is 0 Å². The summed E-state index contributed by atoms with van der Waals surface area (Å²) < 4.78 is 23.2. The van der Waals surface area contributed by atoms with Gasteiger partial charge in [-0.25, -0.2) is 8.42 Å². The van der Waals surface area contributed by atoms with Crippen LogP contribution in [0, 0.1) is 5.92 Å². The summed E-state index contributed by atoms with van der Waals surface area (Å²) >= 11 is 0. The number of hydrogen-bond donors (Lipinski definition) is 1. The van der Waals surface area contributed by atoms with Crippen LogP contribution in [0.25, 0.3) is 0 Å². The Kier molecular flexibility index (Phi) is 5.81. The van der Waals surface area contributed by atoms with Crippen molar-refractivity contribution in [3.05, 3.63) is 0 Å². The molecule has 0 unspecified atom stereocenters. The molecule has 0 rings (SSSR count). The lowest BCUT2D eigenvalue weighted by atomic mass is 10.0. The van der Waals surface area contributed by atoms with Crippen molar-refractivity contribution in [2.45, 2.75) is 46.6 Å². The molecule has 0 saturated heterocycles. The summed E-state index contributed by atoms with van der Waals surface area (Å²) in [5, 5.41) is 3.26. The first-order valence-corrected chi connectivity index (χ1v) is 7.46. The molecule has 1 N–H and O–H groups in total. The third kappa shape index (κ3) is 7.79. The Balaban J connectivity index is 3.96. The molecule has 0 bridgehead atoms. The van der Waals surface area contributed by atoms with Crippen molar-refractivity contribution in [3.63, 3.8) is 0 Å². The molecular formula is C11H25NO2S. The lowest BCUT2D eigenvalue weighted by Gasteiger charge is -2.24. The number of sulfone groups is 1. The molecule has 0 fully saturated rings. The minimum absolute atomic E-state index is 0.0351. The van der Waals surface area contributed by atoms with Crippen molar-refractivity contribution in [1.82, 2.24) is 5.32 Å². The Hall–Kier alpha value is -0.0900. The van der Waals surface area contributed by atoms with Crippen molar-refractivity contribution in [3.8, 4) is 0 Å². The second-order valence-electron chi connectivity index (χ2n) is 5.17. The molecular weight excluding hydrogens is 210 g/mol. The van der Waals surface area contributed by atoms with Gasteiger partial charge >= 0.3 is 0 Å². The van der Waals surface area contributed by atoms with Gasteiger partial charge in [0.25, 0.3) is 0 Å². The fourth-order valence-electron chi connectivity index (χ4n) is 1.26. The van der Waals surface area contributed by atoms with Crippen molar-refractivity contribution in [2.75, 3.05) is 18.1 Å². The van der Waals surface area contributed by atoms with Crippen LogP contribution in [0.2, 0.25) is 0 Å². The van der Waals surface area contributed by atoms with Gasteiger partial charge in [0, 0.05) is 12.1 Å². The summed E-state index contributed by atoms with van der Waals surface area (Å²) in [5.41, 5.74) is 0.0351. The zero-order valence-corrected chi connectivity index (χ0v) is 11.4. The zero-order chi connectivity index (χ0) is 12.1. The van der Waals surface area contributed by atoms with Crippen molar-refractivity contribution in [2.24, 2.45) is 5.92 Å². The molecule has 0 heterocycles. The maximum absolute atomic E-state index is 11.6. The molecule has 0 aromatic rings. The number of hydrogen-bond acceptors (Lipinski definition) is 3. The first-order chi connectivity index (χ1) is 6.68. The van der Waals surface area contributed by atoms with E-state index in [0.717, 1.165) is 6.42 Å². The summed E-state index contributed by atoms with van der Waals surface area (Å²) in [6.07, 6.45) is 0.997. The highest BCUT2D eigenvalue weighted by Crippen LogP contribution is 2.06. The summed E-state index contributed by atoms with van der Waals surface area (Å²) in [6, 6.07) is 0. The summed E-state index contributed by atoms with van der Waals surface area (Å²) in [5.74, 6) is 0.754. The molecule has 0 spiro atoms. The quantitative estimate of drug-likeness (QED) is 0.732. The molecule has 0 aromatic heterocycles. The van der Waals surface area contributed by atoms with Gasteiger partial charge in [-0.2, -0.15) is 0 Å². The number of nitrogens with one attached hydrogen (secondary N) is 1. The Morgan fingerprint density at radius 2 is 1.80 bits per heavy atom. The molecule has 0 atom stereocenters. The predicted octanol–water partition coefficient (Wildman–Crippen LogP) is 1.84. The van der Waals surface area contributed by atoms with Crippen LogP contribution < -0.4 is 5.32 Å². The molecule has 3 nitrogen and oxygen atoms in total. The van der Waals surface area contributed by atoms with E-state index < -0.39 is 9.84 Å². The molecule has 0 saturated carbocycles. The van der Waals surface area contributed by atoms with Crippen molar-refractivity contribution < 1.29 is 8.42 Å². The Morgan fingerprint density at radius 1 is 1.27 bits per heavy atom.